The number of hydrogen-bond acceptors (Lipinski definition) is 7. The van der Waals surface area contributed by atoms with E-state index in [4.69, 9.17) is 38.0 Å². The van der Waals surface area contributed by atoms with E-state index in [2.05, 4.69) is 15.9 Å². The van der Waals surface area contributed by atoms with Crippen LogP contribution in [-0.4, -0.2) is 36.0 Å². The first-order chi connectivity index (χ1) is 15.2. The Labute approximate surface area is 209 Å². The Morgan fingerprint density at radius 3 is 2.66 bits per heavy atom. The Kier molecular flexibility index (Phi) is 8.21. The minimum atomic E-state index is -0.470. The fourth-order valence-corrected chi connectivity index (χ4v) is 4.51. The highest BCUT2D eigenvalue weighted by Gasteiger charge is 2.33. The highest BCUT2D eigenvalue weighted by Crippen LogP contribution is 2.38. The lowest BCUT2D eigenvalue weighted by Crippen LogP contribution is -2.27. The predicted octanol–water partition coefficient (Wildman–Crippen LogP) is 5.85. The molecule has 32 heavy (non-hydrogen) atoms. The van der Waals surface area contributed by atoms with Crippen molar-refractivity contribution in [1.29, 1.82) is 0 Å². The van der Waals surface area contributed by atoms with Crippen molar-refractivity contribution in [2.75, 3.05) is 18.6 Å². The summed E-state index contributed by atoms with van der Waals surface area (Å²) in [5.74, 6) is 0.102. The van der Waals surface area contributed by atoms with Crippen LogP contribution in [0.1, 0.15) is 19.4 Å². The number of anilines is 1. The smallest absolute Gasteiger partial charge is 0.344 e. The molecule has 1 heterocycles. The Bertz CT molecular complexity index is 1110. The molecule has 0 bridgehead atoms. The number of rotatable bonds is 7. The van der Waals surface area contributed by atoms with Crippen molar-refractivity contribution in [3.05, 3.63) is 56.4 Å². The molecule has 3 rings (SSSR count). The second kappa shape index (κ2) is 10.7. The number of nitrogens with zero attached hydrogens (tertiary/aromatic N) is 1. The van der Waals surface area contributed by atoms with E-state index in [1.807, 2.05) is 0 Å². The maximum absolute atomic E-state index is 13.0. The van der Waals surface area contributed by atoms with Gasteiger partial charge in [-0.1, -0.05) is 41.6 Å². The van der Waals surface area contributed by atoms with E-state index in [0.717, 1.165) is 4.47 Å². The fourth-order valence-electron chi connectivity index (χ4n) is 2.79. The normalized spacial score (nSPS) is 14.9. The Hall–Kier alpha value is -2.07. The first kappa shape index (κ1) is 24.6. The van der Waals surface area contributed by atoms with Crippen molar-refractivity contribution < 1.29 is 23.8 Å². The second-order valence-corrected chi connectivity index (χ2v) is 9.79. The van der Waals surface area contributed by atoms with Gasteiger partial charge >= 0.3 is 5.97 Å². The van der Waals surface area contributed by atoms with E-state index < -0.39 is 5.97 Å². The maximum Gasteiger partial charge on any atom is 0.344 e. The van der Waals surface area contributed by atoms with E-state index in [1.165, 1.54) is 23.8 Å². The molecule has 0 N–H and O–H groups in total. The number of thiocarbonyl (C=S) groups is 1. The zero-order valence-corrected chi connectivity index (χ0v) is 21.4. The first-order valence-corrected chi connectivity index (χ1v) is 11.8. The Morgan fingerprint density at radius 2 is 2.00 bits per heavy atom. The highest BCUT2D eigenvalue weighted by atomic mass is 79.9. The van der Waals surface area contributed by atoms with E-state index in [-0.39, 0.29) is 18.6 Å². The molecule has 168 valence electrons. The molecule has 0 saturated carbocycles. The van der Waals surface area contributed by atoms with Crippen LogP contribution in [0, 0.1) is 0 Å². The van der Waals surface area contributed by atoms with Gasteiger partial charge in [-0.3, -0.25) is 9.69 Å². The van der Waals surface area contributed by atoms with Crippen molar-refractivity contribution in [2.45, 2.75) is 20.0 Å². The lowest BCUT2D eigenvalue weighted by molar-refractivity contribution is -0.149. The number of carbonyl (C=O) groups is 2. The third-order valence-electron chi connectivity index (χ3n) is 4.15. The summed E-state index contributed by atoms with van der Waals surface area (Å²) in [7, 11) is 1.50. The molecule has 1 saturated heterocycles. The summed E-state index contributed by atoms with van der Waals surface area (Å²) >= 11 is 16.1. The topological polar surface area (TPSA) is 65.1 Å². The summed E-state index contributed by atoms with van der Waals surface area (Å²) in [6.45, 7) is 3.30. The molecule has 0 spiro atoms. The molecule has 10 heteroatoms. The summed E-state index contributed by atoms with van der Waals surface area (Å²) in [6.07, 6.45) is 1.50. The van der Waals surface area contributed by atoms with E-state index in [0.29, 0.717) is 37.0 Å². The number of carbonyl (C=O) groups excluding carboxylic acids is 2. The van der Waals surface area contributed by atoms with Crippen molar-refractivity contribution >= 4 is 79.5 Å². The summed E-state index contributed by atoms with van der Waals surface area (Å²) in [4.78, 5) is 26.6. The second-order valence-electron chi connectivity index (χ2n) is 6.85. The van der Waals surface area contributed by atoms with Gasteiger partial charge in [0.2, 0.25) is 0 Å². The van der Waals surface area contributed by atoms with Gasteiger partial charge in [0, 0.05) is 4.47 Å². The minimum absolute atomic E-state index is 0.220. The molecular weight excluding hydrogens is 538 g/mol. The number of methoxy groups -OCH3 is 1. The molecule has 1 aliphatic heterocycles. The molecule has 0 radical (unpaired) electrons. The molecule has 2 aromatic carbocycles. The van der Waals surface area contributed by atoms with Gasteiger partial charge < -0.3 is 14.2 Å². The summed E-state index contributed by atoms with van der Waals surface area (Å²) in [5, 5.41) is 0.484. The van der Waals surface area contributed by atoms with E-state index in [9.17, 15) is 9.59 Å². The third kappa shape index (κ3) is 5.83. The minimum Gasteiger partial charge on any atom is -0.493 e. The molecule has 0 aromatic heterocycles. The molecule has 1 amide bonds. The molecular formula is C22H19BrClNO5S2. The largest absolute Gasteiger partial charge is 0.493 e. The van der Waals surface area contributed by atoms with Gasteiger partial charge in [0.1, 0.15) is 0 Å². The van der Waals surface area contributed by atoms with Crippen molar-refractivity contribution in [2.24, 2.45) is 0 Å². The van der Waals surface area contributed by atoms with Crippen molar-refractivity contribution in [3.8, 4) is 11.5 Å². The molecule has 0 atom stereocenters. The van der Waals surface area contributed by atoms with Gasteiger partial charge in [-0.15, -0.1) is 0 Å². The van der Waals surface area contributed by atoms with Crippen LogP contribution in [0.25, 0.3) is 6.08 Å². The number of hydrogen-bond donors (Lipinski definition) is 0. The Morgan fingerprint density at radius 1 is 1.25 bits per heavy atom. The van der Waals surface area contributed by atoms with Gasteiger partial charge in [0.05, 0.1) is 28.8 Å². The predicted molar refractivity (Wildman–Crippen MR) is 135 cm³/mol. The molecule has 6 nitrogen and oxygen atoms in total. The van der Waals surface area contributed by atoms with Gasteiger partial charge in [-0.25, -0.2) is 4.79 Å². The maximum atomic E-state index is 13.0. The lowest BCUT2D eigenvalue weighted by atomic mass is 10.2. The van der Waals surface area contributed by atoms with Crippen molar-refractivity contribution in [3.63, 3.8) is 0 Å². The van der Waals surface area contributed by atoms with Crippen LogP contribution >= 0.6 is 51.5 Å². The average molecular weight is 557 g/mol. The van der Waals surface area contributed by atoms with Crippen LogP contribution in [0.3, 0.4) is 0 Å². The van der Waals surface area contributed by atoms with Crippen LogP contribution in [0.15, 0.2) is 45.8 Å². The molecule has 2 aromatic rings. The van der Waals surface area contributed by atoms with Gasteiger partial charge in [-0.2, -0.15) is 0 Å². The molecule has 1 fully saturated rings. The van der Waals surface area contributed by atoms with Crippen molar-refractivity contribution in [1.82, 2.24) is 0 Å². The summed E-state index contributed by atoms with van der Waals surface area (Å²) in [5.41, 5.74) is 1.31. The quantitative estimate of drug-likeness (QED) is 0.241. The third-order valence-corrected chi connectivity index (χ3v) is 6.69. The van der Waals surface area contributed by atoms with Gasteiger partial charge in [0.15, 0.2) is 22.4 Å². The van der Waals surface area contributed by atoms with Gasteiger partial charge in [0.25, 0.3) is 5.91 Å². The SMILES string of the molecule is COc1cc(/C=C2\SC(=S)N(c3ccc(Br)c(Cl)c3)C2=O)ccc1OCC(=O)OC(C)C. The van der Waals surface area contributed by atoms with Crippen LogP contribution in [0.5, 0.6) is 11.5 Å². The fraction of sp³-hybridized carbons (Fsp3) is 0.227. The summed E-state index contributed by atoms with van der Waals surface area (Å²) < 4.78 is 17.1. The monoisotopic (exact) mass is 555 g/mol. The highest BCUT2D eigenvalue weighted by molar-refractivity contribution is 9.10. The zero-order valence-electron chi connectivity index (χ0n) is 17.4. The van der Waals surface area contributed by atoms with E-state index in [1.54, 1.807) is 56.3 Å². The standard InChI is InChI=1S/C22H19BrClNO5S2/c1-12(2)30-20(26)11-29-17-7-4-13(8-18(17)28-3)9-19-21(27)25(22(31)32-19)14-5-6-15(23)16(24)10-14/h4-10,12H,11H2,1-3H3/b19-9-. The van der Waals surface area contributed by atoms with Crippen LogP contribution in [-0.2, 0) is 14.3 Å². The number of esters is 1. The number of benzene rings is 2. The summed E-state index contributed by atoms with van der Waals surface area (Å²) in [6, 6.07) is 10.4. The number of thioether (sulfide) groups is 1. The number of halogens is 2. The number of ether oxygens (including phenoxy) is 3. The van der Waals surface area contributed by atoms with E-state index >= 15 is 0 Å². The van der Waals surface area contributed by atoms with Gasteiger partial charge in [-0.05, 0) is 71.7 Å². The zero-order chi connectivity index (χ0) is 23.4. The van der Waals surface area contributed by atoms with Crippen LogP contribution in [0.4, 0.5) is 5.69 Å². The molecule has 0 aliphatic carbocycles. The molecule has 1 aliphatic rings. The molecule has 0 unspecified atom stereocenters. The number of amides is 1. The Balaban J connectivity index is 1.79. The first-order valence-electron chi connectivity index (χ1n) is 9.43. The lowest BCUT2D eigenvalue weighted by Gasteiger charge is -2.15. The van der Waals surface area contributed by atoms with Crippen LogP contribution in [0.2, 0.25) is 5.02 Å². The van der Waals surface area contributed by atoms with Crippen LogP contribution < -0.4 is 14.4 Å². The average Bonchev–Trinajstić information content (AvgIpc) is 3.01.